The van der Waals surface area contributed by atoms with E-state index in [1.807, 2.05) is 33.1 Å². The number of rotatable bonds is 3. The Balaban J connectivity index is 1.77. The third-order valence-electron chi connectivity index (χ3n) is 3.29. The molecule has 1 aliphatic rings. The Hall–Kier alpha value is -1.14. The van der Waals surface area contributed by atoms with Crippen molar-refractivity contribution in [1.29, 1.82) is 0 Å². The van der Waals surface area contributed by atoms with Crippen molar-refractivity contribution in [3.8, 4) is 0 Å². The molecule has 0 radical (unpaired) electrons. The molecule has 0 N–H and O–H groups in total. The van der Waals surface area contributed by atoms with Crippen LogP contribution >= 0.6 is 11.3 Å². The fourth-order valence-corrected chi connectivity index (χ4v) is 2.91. The third kappa shape index (κ3) is 4.97. The highest BCUT2D eigenvalue weighted by molar-refractivity contribution is 7.09. The van der Waals surface area contributed by atoms with Crippen LogP contribution in [0.3, 0.4) is 0 Å². The summed E-state index contributed by atoms with van der Waals surface area (Å²) in [5, 5.41) is 2.96. The van der Waals surface area contributed by atoms with Gasteiger partial charge < -0.3 is 14.4 Å². The molecule has 5 nitrogen and oxygen atoms in total. The topological polar surface area (TPSA) is 51.7 Å². The van der Waals surface area contributed by atoms with Gasteiger partial charge in [0.1, 0.15) is 16.7 Å². The Morgan fingerprint density at radius 2 is 2.10 bits per heavy atom. The molecule has 1 saturated heterocycles. The van der Waals surface area contributed by atoms with Gasteiger partial charge in [-0.15, -0.1) is 11.3 Å². The number of hydrogen-bond donors (Lipinski definition) is 0. The average Bonchev–Trinajstić information content (AvgIpc) is 2.91. The van der Waals surface area contributed by atoms with Gasteiger partial charge in [-0.05, 0) is 40.5 Å². The normalized spacial score (nSPS) is 18.6. The maximum Gasteiger partial charge on any atom is 0.410 e. The predicted molar refractivity (Wildman–Crippen MR) is 82.4 cm³/mol. The Bertz CT molecular complexity index is 448. The van der Waals surface area contributed by atoms with E-state index in [4.69, 9.17) is 9.47 Å². The largest absolute Gasteiger partial charge is 0.444 e. The van der Waals surface area contributed by atoms with Crippen molar-refractivity contribution in [2.45, 2.75) is 58.3 Å². The van der Waals surface area contributed by atoms with Gasteiger partial charge in [0.15, 0.2) is 0 Å². The third-order valence-corrected chi connectivity index (χ3v) is 4.23. The summed E-state index contributed by atoms with van der Waals surface area (Å²) in [6.07, 6.45) is 3.45. The number of carbonyl (C=O) groups excluding carboxylic acids is 1. The molecular weight excluding hydrogens is 288 g/mol. The minimum absolute atomic E-state index is 0.0167. The lowest BCUT2D eigenvalue weighted by molar-refractivity contribution is -0.0410. The minimum atomic E-state index is -0.441. The Labute approximate surface area is 130 Å². The highest BCUT2D eigenvalue weighted by Gasteiger charge is 2.28. The number of ether oxygens (including phenoxy) is 2. The van der Waals surface area contributed by atoms with E-state index in [0.29, 0.717) is 13.1 Å². The van der Waals surface area contributed by atoms with Crippen LogP contribution in [0.2, 0.25) is 0 Å². The molecule has 2 heterocycles. The van der Waals surface area contributed by atoms with Crippen molar-refractivity contribution in [3.63, 3.8) is 0 Å². The Kier molecular flexibility index (Phi) is 5.22. The number of amides is 1. The molecule has 21 heavy (non-hydrogen) atoms. The number of hydrogen-bond acceptors (Lipinski definition) is 5. The van der Waals surface area contributed by atoms with E-state index in [9.17, 15) is 4.79 Å². The number of likely N-dealkylation sites (tertiary alicyclic amines) is 1. The maximum atomic E-state index is 12.0. The van der Waals surface area contributed by atoms with E-state index in [-0.39, 0.29) is 18.3 Å². The lowest BCUT2D eigenvalue weighted by Crippen LogP contribution is -2.43. The van der Waals surface area contributed by atoms with E-state index in [1.54, 1.807) is 22.4 Å². The van der Waals surface area contributed by atoms with Crippen LogP contribution < -0.4 is 0 Å². The molecule has 118 valence electrons. The van der Waals surface area contributed by atoms with Gasteiger partial charge in [0, 0.05) is 24.7 Å². The number of nitrogens with zero attached hydrogens (tertiary/aromatic N) is 2. The molecule has 0 bridgehead atoms. The molecule has 2 rings (SSSR count). The quantitative estimate of drug-likeness (QED) is 0.855. The molecule has 0 saturated carbocycles. The van der Waals surface area contributed by atoms with Crippen LogP contribution in [0.25, 0.3) is 0 Å². The average molecular weight is 312 g/mol. The fraction of sp³-hybridized carbons (Fsp3) is 0.733. The first kappa shape index (κ1) is 16.2. The predicted octanol–water partition coefficient (Wildman–Crippen LogP) is 3.62. The maximum absolute atomic E-state index is 12.0. The molecule has 0 aromatic carbocycles. The van der Waals surface area contributed by atoms with Gasteiger partial charge in [-0.2, -0.15) is 0 Å². The van der Waals surface area contributed by atoms with Crippen LogP contribution in [0, 0.1) is 0 Å². The molecular formula is C15H24N2O3S. The van der Waals surface area contributed by atoms with Crippen LogP contribution in [-0.2, 0) is 9.47 Å². The van der Waals surface area contributed by atoms with Crippen molar-refractivity contribution in [1.82, 2.24) is 9.88 Å². The van der Waals surface area contributed by atoms with Crippen molar-refractivity contribution in [2.24, 2.45) is 0 Å². The van der Waals surface area contributed by atoms with Crippen molar-refractivity contribution in [3.05, 3.63) is 16.6 Å². The number of piperidine rings is 1. The number of carbonyl (C=O) groups is 1. The van der Waals surface area contributed by atoms with Gasteiger partial charge in [0.05, 0.1) is 6.10 Å². The first-order valence-electron chi connectivity index (χ1n) is 7.38. The van der Waals surface area contributed by atoms with Crippen LogP contribution in [0.1, 0.15) is 51.6 Å². The molecule has 1 unspecified atom stereocenters. The first-order valence-corrected chi connectivity index (χ1v) is 8.26. The van der Waals surface area contributed by atoms with E-state index in [1.165, 1.54) is 0 Å². The van der Waals surface area contributed by atoms with Crippen LogP contribution in [0.4, 0.5) is 4.79 Å². The van der Waals surface area contributed by atoms with E-state index >= 15 is 0 Å². The summed E-state index contributed by atoms with van der Waals surface area (Å²) < 4.78 is 11.4. The SMILES string of the molecule is CC(OC1CCN(C(=O)OC(C)(C)C)CC1)c1nccs1. The summed E-state index contributed by atoms with van der Waals surface area (Å²) >= 11 is 1.61. The van der Waals surface area contributed by atoms with E-state index < -0.39 is 5.60 Å². The zero-order valence-corrected chi connectivity index (χ0v) is 14.0. The van der Waals surface area contributed by atoms with Gasteiger partial charge in [-0.3, -0.25) is 0 Å². The first-order chi connectivity index (χ1) is 9.85. The zero-order valence-electron chi connectivity index (χ0n) is 13.2. The molecule has 1 amide bonds. The fourth-order valence-electron chi connectivity index (χ4n) is 2.28. The van der Waals surface area contributed by atoms with Crippen molar-refractivity contribution in [2.75, 3.05) is 13.1 Å². The summed E-state index contributed by atoms with van der Waals surface area (Å²) in [5.41, 5.74) is -0.441. The zero-order chi connectivity index (χ0) is 15.5. The standard InChI is InChI=1S/C15H24N2O3S/c1-11(13-16-7-10-21-13)19-12-5-8-17(9-6-12)14(18)20-15(2,3)4/h7,10-12H,5-6,8-9H2,1-4H3. The second-order valence-corrected chi connectivity index (χ2v) is 7.24. The summed E-state index contributed by atoms with van der Waals surface area (Å²) in [5.74, 6) is 0. The molecule has 1 aromatic heterocycles. The van der Waals surface area contributed by atoms with E-state index in [0.717, 1.165) is 17.8 Å². The summed E-state index contributed by atoms with van der Waals surface area (Å²) in [4.78, 5) is 18.0. The molecule has 0 spiro atoms. The summed E-state index contributed by atoms with van der Waals surface area (Å²) in [7, 11) is 0. The van der Waals surface area contributed by atoms with Gasteiger partial charge in [-0.25, -0.2) is 9.78 Å². The van der Waals surface area contributed by atoms with Crippen molar-refractivity contribution < 1.29 is 14.3 Å². The van der Waals surface area contributed by atoms with Crippen LogP contribution in [0.5, 0.6) is 0 Å². The lowest BCUT2D eigenvalue weighted by atomic mass is 10.1. The highest BCUT2D eigenvalue weighted by Crippen LogP contribution is 2.25. The molecule has 1 aliphatic heterocycles. The second-order valence-electron chi connectivity index (χ2n) is 6.32. The molecule has 1 aromatic rings. The smallest absolute Gasteiger partial charge is 0.410 e. The molecule has 0 aliphatic carbocycles. The van der Waals surface area contributed by atoms with Gasteiger partial charge in [0.25, 0.3) is 0 Å². The number of thiazole rings is 1. The molecule has 1 atom stereocenters. The van der Waals surface area contributed by atoms with Crippen LogP contribution in [-0.4, -0.2) is 40.8 Å². The highest BCUT2D eigenvalue weighted by atomic mass is 32.1. The van der Waals surface area contributed by atoms with E-state index in [2.05, 4.69) is 4.98 Å². The summed E-state index contributed by atoms with van der Waals surface area (Å²) in [6.45, 7) is 9.05. The van der Waals surface area contributed by atoms with Gasteiger partial charge in [-0.1, -0.05) is 0 Å². The molecule has 6 heteroatoms. The summed E-state index contributed by atoms with van der Waals surface area (Å²) in [6, 6.07) is 0. The second kappa shape index (κ2) is 6.75. The van der Waals surface area contributed by atoms with Crippen LogP contribution in [0.15, 0.2) is 11.6 Å². The monoisotopic (exact) mass is 312 g/mol. The lowest BCUT2D eigenvalue weighted by Gasteiger charge is -2.34. The Morgan fingerprint density at radius 3 is 2.62 bits per heavy atom. The number of aromatic nitrogens is 1. The molecule has 1 fully saturated rings. The van der Waals surface area contributed by atoms with Gasteiger partial charge in [0.2, 0.25) is 0 Å². The van der Waals surface area contributed by atoms with Gasteiger partial charge >= 0.3 is 6.09 Å². The van der Waals surface area contributed by atoms with Crippen molar-refractivity contribution >= 4 is 17.4 Å². The Morgan fingerprint density at radius 1 is 1.43 bits per heavy atom. The minimum Gasteiger partial charge on any atom is -0.444 e.